The molecule has 0 saturated heterocycles. The first-order valence-electron chi connectivity index (χ1n) is 7.46. The Balaban J connectivity index is 3.08. The minimum Gasteiger partial charge on any atom is -0.443 e. The van der Waals surface area contributed by atoms with E-state index in [9.17, 15) is 14.0 Å². The number of nitrogens with zero attached hydrogens (tertiary/aromatic N) is 1. The fraction of sp³-hybridized carbons (Fsp3) is 0.529. The Labute approximate surface area is 155 Å². The van der Waals surface area contributed by atoms with Gasteiger partial charge in [0.05, 0.1) is 6.54 Å². The van der Waals surface area contributed by atoms with Crippen LogP contribution in [-0.4, -0.2) is 28.3 Å². The van der Waals surface area contributed by atoms with Gasteiger partial charge < -0.3 is 9.47 Å². The van der Waals surface area contributed by atoms with Gasteiger partial charge >= 0.3 is 12.2 Å². The molecule has 0 heterocycles. The molecule has 0 unspecified atom stereocenters. The first-order chi connectivity index (χ1) is 10.8. The number of amides is 2. The topological polar surface area (TPSA) is 55.8 Å². The smallest absolute Gasteiger partial charge is 0.420 e. The number of imide groups is 1. The van der Waals surface area contributed by atoms with E-state index in [2.05, 4.69) is 0 Å². The van der Waals surface area contributed by atoms with Gasteiger partial charge in [0, 0.05) is 3.57 Å². The van der Waals surface area contributed by atoms with Crippen molar-refractivity contribution in [3.63, 3.8) is 0 Å². The molecule has 0 aliphatic heterocycles. The zero-order valence-corrected chi connectivity index (χ0v) is 16.9. The Hall–Kier alpha value is -1.38. The van der Waals surface area contributed by atoms with Crippen molar-refractivity contribution in [2.24, 2.45) is 0 Å². The normalized spacial score (nSPS) is 11.8. The van der Waals surface area contributed by atoms with Crippen molar-refractivity contribution in [1.29, 1.82) is 0 Å². The van der Waals surface area contributed by atoms with Crippen LogP contribution in [0.3, 0.4) is 0 Å². The van der Waals surface area contributed by atoms with E-state index in [1.165, 1.54) is 18.2 Å². The molecule has 0 N–H and O–H groups in total. The molecule has 0 atom stereocenters. The molecule has 0 aromatic heterocycles. The molecule has 0 bridgehead atoms. The zero-order valence-electron chi connectivity index (χ0n) is 14.8. The van der Waals surface area contributed by atoms with Crippen molar-refractivity contribution in [2.75, 3.05) is 0 Å². The number of benzene rings is 1. The number of halogens is 2. The number of carbonyl (C=O) groups excluding carboxylic acids is 2. The molecule has 0 fully saturated rings. The van der Waals surface area contributed by atoms with Crippen LogP contribution in [0.4, 0.5) is 14.0 Å². The molecule has 0 aliphatic carbocycles. The number of rotatable bonds is 2. The molecule has 0 spiro atoms. The number of hydrogen-bond acceptors (Lipinski definition) is 4. The SMILES string of the molecule is CC(C)(C)OC(=O)N(Cc1ccc(F)cc1I)C(=O)OC(C)(C)C. The van der Waals surface area contributed by atoms with E-state index in [-0.39, 0.29) is 12.4 Å². The Kier molecular flexibility index (Phi) is 6.60. The standard InChI is InChI=1S/C17H23FINO4/c1-16(2,3)23-14(21)20(15(22)24-17(4,5)6)10-11-7-8-12(18)9-13(11)19/h7-9H,10H2,1-6H3. The molecule has 0 radical (unpaired) electrons. The third-order valence-corrected chi connectivity index (χ3v) is 3.58. The highest BCUT2D eigenvalue weighted by molar-refractivity contribution is 14.1. The van der Waals surface area contributed by atoms with Crippen LogP contribution in [-0.2, 0) is 16.0 Å². The van der Waals surface area contributed by atoms with E-state index in [0.717, 1.165) is 4.90 Å². The van der Waals surface area contributed by atoms with Gasteiger partial charge in [-0.3, -0.25) is 0 Å². The van der Waals surface area contributed by atoms with Gasteiger partial charge in [0.25, 0.3) is 0 Å². The maximum absolute atomic E-state index is 13.2. The highest BCUT2D eigenvalue weighted by Crippen LogP contribution is 2.20. The van der Waals surface area contributed by atoms with Crippen LogP contribution in [0.2, 0.25) is 0 Å². The van der Waals surface area contributed by atoms with Crippen LogP contribution in [0.1, 0.15) is 47.1 Å². The van der Waals surface area contributed by atoms with E-state index in [0.29, 0.717) is 9.13 Å². The average Bonchev–Trinajstić information content (AvgIpc) is 2.33. The second-order valence-corrected chi connectivity index (χ2v) is 8.44. The van der Waals surface area contributed by atoms with Crippen molar-refractivity contribution >= 4 is 34.8 Å². The summed E-state index contributed by atoms with van der Waals surface area (Å²) in [5, 5.41) is 0. The van der Waals surface area contributed by atoms with E-state index >= 15 is 0 Å². The molecule has 5 nitrogen and oxygen atoms in total. The summed E-state index contributed by atoms with van der Waals surface area (Å²) in [4.78, 5) is 25.7. The lowest BCUT2D eigenvalue weighted by Gasteiger charge is -2.28. The molecule has 134 valence electrons. The van der Waals surface area contributed by atoms with Crippen LogP contribution >= 0.6 is 22.6 Å². The quantitative estimate of drug-likeness (QED) is 0.587. The van der Waals surface area contributed by atoms with E-state index in [4.69, 9.17) is 9.47 Å². The average molecular weight is 451 g/mol. The monoisotopic (exact) mass is 451 g/mol. The number of carbonyl (C=O) groups is 2. The molecule has 1 aromatic rings. The van der Waals surface area contributed by atoms with Crippen LogP contribution < -0.4 is 0 Å². The number of hydrogen-bond donors (Lipinski definition) is 0. The van der Waals surface area contributed by atoms with Crippen molar-refractivity contribution in [2.45, 2.75) is 59.3 Å². The molecule has 2 amide bonds. The van der Waals surface area contributed by atoms with Crippen LogP contribution in [0.25, 0.3) is 0 Å². The third kappa shape index (κ3) is 7.02. The lowest BCUT2D eigenvalue weighted by Crippen LogP contribution is -2.43. The molecule has 7 heteroatoms. The Morgan fingerprint density at radius 1 is 1.04 bits per heavy atom. The fourth-order valence-electron chi connectivity index (χ4n) is 1.66. The molecule has 0 aliphatic rings. The van der Waals surface area contributed by atoms with Crippen molar-refractivity contribution < 1.29 is 23.5 Å². The lowest BCUT2D eigenvalue weighted by molar-refractivity contribution is -0.000284. The predicted molar refractivity (Wildman–Crippen MR) is 97.1 cm³/mol. The summed E-state index contributed by atoms with van der Waals surface area (Å²) in [7, 11) is 0. The molecule has 1 aromatic carbocycles. The lowest BCUT2D eigenvalue weighted by atomic mass is 10.2. The molecular weight excluding hydrogens is 428 g/mol. The summed E-state index contributed by atoms with van der Waals surface area (Å²) in [5.74, 6) is -0.385. The van der Waals surface area contributed by atoms with Gasteiger partial charge in [-0.25, -0.2) is 18.9 Å². The second-order valence-electron chi connectivity index (χ2n) is 7.28. The summed E-state index contributed by atoms with van der Waals surface area (Å²) in [6.45, 7) is 10.2. The summed E-state index contributed by atoms with van der Waals surface area (Å²) in [6, 6.07) is 4.14. The van der Waals surface area contributed by atoms with Crippen molar-refractivity contribution in [1.82, 2.24) is 4.90 Å². The minimum atomic E-state index is -0.808. The summed E-state index contributed by atoms with van der Waals surface area (Å²) in [6.07, 6.45) is -1.62. The van der Waals surface area contributed by atoms with Gasteiger partial charge in [0.1, 0.15) is 17.0 Å². The molecule has 24 heavy (non-hydrogen) atoms. The van der Waals surface area contributed by atoms with Crippen molar-refractivity contribution in [3.05, 3.63) is 33.1 Å². The predicted octanol–water partition coefficient (Wildman–Crippen LogP) is 5.10. The fourth-order valence-corrected chi connectivity index (χ4v) is 2.31. The van der Waals surface area contributed by atoms with E-state index < -0.39 is 23.4 Å². The number of ether oxygens (including phenoxy) is 2. The first kappa shape index (κ1) is 20.7. The van der Waals surface area contributed by atoms with E-state index in [1.54, 1.807) is 41.5 Å². The molecular formula is C17H23FINO4. The van der Waals surface area contributed by atoms with Gasteiger partial charge in [-0.1, -0.05) is 6.07 Å². The molecule has 1 rings (SSSR count). The second kappa shape index (κ2) is 7.67. The van der Waals surface area contributed by atoms with Gasteiger partial charge in [-0.15, -0.1) is 0 Å². The van der Waals surface area contributed by atoms with Crippen LogP contribution in [0, 0.1) is 9.39 Å². The van der Waals surface area contributed by atoms with Gasteiger partial charge in [-0.2, -0.15) is 0 Å². The highest BCUT2D eigenvalue weighted by Gasteiger charge is 2.31. The maximum Gasteiger partial charge on any atom is 0.420 e. The zero-order chi connectivity index (χ0) is 18.7. The van der Waals surface area contributed by atoms with Crippen molar-refractivity contribution in [3.8, 4) is 0 Å². The highest BCUT2D eigenvalue weighted by atomic mass is 127. The first-order valence-corrected chi connectivity index (χ1v) is 8.54. The van der Waals surface area contributed by atoms with Gasteiger partial charge in [0.15, 0.2) is 0 Å². The van der Waals surface area contributed by atoms with E-state index in [1.807, 2.05) is 22.6 Å². The largest absolute Gasteiger partial charge is 0.443 e. The summed E-state index contributed by atoms with van der Waals surface area (Å²) < 4.78 is 24.4. The Morgan fingerprint density at radius 3 is 1.88 bits per heavy atom. The summed E-state index contributed by atoms with van der Waals surface area (Å²) >= 11 is 1.95. The summed E-state index contributed by atoms with van der Waals surface area (Å²) in [5.41, 5.74) is -0.894. The van der Waals surface area contributed by atoms with Gasteiger partial charge in [0.2, 0.25) is 0 Å². The molecule has 0 saturated carbocycles. The van der Waals surface area contributed by atoms with Crippen LogP contribution in [0.5, 0.6) is 0 Å². The maximum atomic E-state index is 13.2. The Bertz CT molecular complexity index is 592. The third-order valence-electron chi connectivity index (χ3n) is 2.57. The Morgan fingerprint density at radius 2 is 1.50 bits per heavy atom. The van der Waals surface area contributed by atoms with Gasteiger partial charge in [-0.05, 0) is 81.8 Å². The van der Waals surface area contributed by atoms with Crippen LogP contribution in [0.15, 0.2) is 18.2 Å². The minimum absolute atomic E-state index is 0.0671.